The lowest BCUT2D eigenvalue weighted by Gasteiger charge is -1.99. The van der Waals surface area contributed by atoms with Crippen molar-refractivity contribution in [2.24, 2.45) is 0 Å². The van der Waals surface area contributed by atoms with Gasteiger partial charge in [-0.05, 0) is 24.3 Å². The summed E-state index contributed by atoms with van der Waals surface area (Å²) < 4.78 is 1.41. The molecule has 0 aliphatic heterocycles. The molecule has 0 saturated heterocycles. The minimum Gasteiger partial charge on any atom is -0.287 e. The highest BCUT2D eigenvalue weighted by molar-refractivity contribution is 5.64. The monoisotopic (exact) mass is 289 g/mol. The Hall–Kier alpha value is -3.28. The van der Waals surface area contributed by atoms with Gasteiger partial charge >= 0.3 is 0 Å². The maximum atomic E-state index is 12.3. The van der Waals surface area contributed by atoms with Crippen molar-refractivity contribution < 1.29 is 0 Å². The first-order valence-corrected chi connectivity index (χ1v) is 6.76. The highest BCUT2D eigenvalue weighted by atomic mass is 16.1. The molecule has 4 heterocycles. The van der Waals surface area contributed by atoms with E-state index in [0.29, 0.717) is 11.3 Å². The molecule has 0 aliphatic carbocycles. The summed E-state index contributed by atoms with van der Waals surface area (Å²) in [4.78, 5) is 25.1. The normalized spacial score (nSPS) is 10.9. The van der Waals surface area contributed by atoms with Crippen LogP contribution in [0.4, 0.5) is 0 Å². The maximum Gasteiger partial charge on any atom is 0.273 e. The molecule has 0 atom stereocenters. The summed E-state index contributed by atoms with van der Waals surface area (Å²) in [6, 6.07) is 12.6. The Morgan fingerprint density at radius 2 is 1.95 bits per heavy atom. The summed E-state index contributed by atoms with van der Waals surface area (Å²) >= 11 is 0. The van der Waals surface area contributed by atoms with Gasteiger partial charge in [0.15, 0.2) is 5.65 Å². The van der Waals surface area contributed by atoms with Gasteiger partial charge in [-0.1, -0.05) is 6.07 Å². The Kier molecular flexibility index (Phi) is 2.79. The number of aromatic nitrogens is 5. The fourth-order valence-corrected chi connectivity index (χ4v) is 2.31. The maximum absolute atomic E-state index is 12.3. The topological polar surface area (TPSA) is 75.9 Å². The summed E-state index contributed by atoms with van der Waals surface area (Å²) in [5.74, 6) is 0. The first-order valence-electron chi connectivity index (χ1n) is 6.76. The van der Waals surface area contributed by atoms with Crippen LogP contribution in [0.2, 0.25) is 0 Å². The summed E-state index contributed by atoms with van der Waals surface area (Å²) in [5, 5.41) is 3.02. The Labute approximate surface area is 125 Å². The number of fused-ring (bicyclic) bond motifs is 1. The fourth-order valence-electron chi connectivity index (χ4n) is 2.31. The summed E-state index contributed by atoms with van der Waals surface area (Å²) in [6.45, 7) is 0. The van der Waals surface area contributed by atoms with Gasteiger partial charge in [-0.25, -0.2) is 9.50 Å². The van der Waals surface area contributed by atoms with Gasteiger partial charge in [0, 0.05) is 36.3 Å². The van der Waals surface area contributed by atoms with E-state index < -0.39 is 0 Å². The molecule has 4 aromatic heterocycles. The summed E-state index contributed by atoms with van der Waals surface area (Å²) in [7, 11) is 0. The molecule has 0 unspecified atom stereocenters. The van der Waals surface area contributed by atoms with Crippen LogP contribution in [0.3, 0.4) is 0 Å². The van der Waals surface area contributed by atoms with Crippen LogP contribution in [0.1, 0.15) is 0 Å². The van der Waals surface area contributed by atoms with Gasteiger partial charge in [0.2, 0.25) is 0 Å². The Balaban J connectivity index is 1.91. The van der Waals surface area contributed by atoms with Crippen LogP contribution in [-0.4, -0.2) is 24.6 Å². The van der Waals surface area contributed by atoms with Gasteiger partial charge in [0.25, 0.3) is 5.56 Å². The Morgan fingerprint density at radius 3 is 2.73 bits per heavy atom. The molecule has 22 heavy (non-hydrogen) atoms. The molecular formula is C16H11N5O. The molecule has 4 rings (SSSR count). The minimum atomic E-state index is -0.175. The zero-order valence-corrected chi connectivity index (χ0v) is 11.5. The molecule has 106 valence electrons. The highest BCUT2D eigenvalue weighted by Crippen LogP contribution is 2.18. The number of nitrogens with zero attached hydrogens (tertiary/aromatic N) is 4. The molecule has 0 aromatic carbocycles. The minimum absolute atomic E-state index is 0.175. The van der Waals surface area contributed by atoms with Crippen molar-refractivity contribution in [3.63, 3.8) is 0 Å². The van der Waals surface area contributed by atoms with Crippen molar-refractivity contribution in [3.8, 4) is 22.6 Å². The summed E-state index contributed by atoms with van der Waals surface area (Å²) in [6.07, 6.45) is 5.08. The van der Waals surface area contributed by atoms with E-state index in [2.05, 4.69) is 20.1 Å². The SMILES string of the molecule is O=c1cc(-c2cccnc2)nc2cc(-c3ccccn3)[nH]n12. The number of pyridine rings is 2. The summed E-state index contributed by atoms with van der Waals surface area (Å²) in [5.41, 5.74) is 3.29. The third kappa shape index (κ3) is 2.07. The number of hydrogen-bond acceptors (Lipinski definition) is 4. The molecule has 6 nitrogen and oxygen atoms in total. The van der Waals surface area contributed by atoms with E-state index in [1.807, 2.05) is 36.4 Å². The Bertz CT molecular complexity index is 989. The van der Waals surface area contributed by atoms with Gasteiger partial charge in [-0.2, -0.15) is 0 Å². The smallest absolute Gasteiger partial charge is 0.273 e. The van der Waals surface area contributed by atoms with E-state index in [9.17, 15) is 4.79 Å². The molecule has 0 spiro atoms. The van der Waals surface area contributed by atoms with E-state index in [-0.39, 0.29) is 5.56 Å². The molecule has 0 fully saturated rings. The van der Waals surface area contributed by atoms with E-state index in [1.54, 1.807) is 18.6 Å². The van der Waals surface area contributed by atoms with E-state index in [4.69, 9.17) is 0 Å². The largest absolute Gasteiger partial charge is 0.287 e. The zero-order chi connectivity index (χ0) is 14.9. The standard InChI is InChI=1S/C16H11N5O/c22-16-9-13(11-4-3-6-17-10-11)19-15-8-14(20-21(15)16)12-5-1-2-7-18-12/h1-10,20H. The van der Waals surface area contributed by atoms with Gasteiger partial charge in [0.1, 0.15) is 0 Å². The van der Waals surface area contributed by atoms with Crippen LogP contribution in [0.5, 0.6) is 0 Å². The number of nitrogens with one attached hydrogen (secondary N) is 1. The molecular weight excluding hydrogens is 278 g/mol. The van der Waals surface area contributed by atoms with Gasteiger partial charge in [-0.15, -0.1) is 0 Å². The number of hydrogen-bond donors (Lipinski definition) is 1. The van der Waals surface area contributed by atoms with Crippen molar-refractivity contribution in [1.82, 2.24) is 24.6 Å². The van der Waals surface area contributed by atoms with Crippen LogP contribution in [0, 0.1) is 0 Å². The highest BCUT2D eigenvalue weighted by Gasteiger charge is 2.09. The molecule has 0 radical (unpaired) electrons. The number of H-pyrrole nitrogens is 1. The third-order valence-corrected chi connectivity index (χ3v) is 3.35. The van der Waals surface area contributed by atoms with Gasteiger partial charge in [-0.3, -0.25) is 19.9 Å². The molecule has 6 heteroatoms. The van der Waals surface area contributed by atoms with Crippen LogP contribution in [0.15, 0.2) is 65.8 Å². The quantitative estimate of drug-likeness (QED) is 0.613. The Morgan fingerprint density at radius 1 is 1.00 bits per heavy atom. The van der Waals surface area contributed by atoms with Crippen LogP contribution in [0.25, 0.3) is 28.3 Å². The average molecular weight is 289 g/mol. The van der Waals surface area contributed by atoms with Crippen LogP contribution < -0.4 is 5.56 Å². The third-order valence-electron chi connectivity index (χ3n) is 3.35. The molecule has 0 amide bonds. The van der Waals surface area contributed by atoms with E-state index >= 15 is 0 Å². The van der Waals surface area contributed by atoms with Crippen molar-refractivity contribution in [3.05, 3.63) is 71.4 Å². The number of aromatic amines is 1. The van der Waals surface area contributed by atoms with E-state index in [1.165, 1.54) is 10.6 Å². The van der Waals surface area contributed by atoms with E-state index in [0.717, 1.165) is 17.0 Å². The van der Waals surface area contributed by atoms with Crippen molar-refractivity contribution in [2.45, 2.75) is 0 Å². The van der Waals surface area contributed by atoms with Gasteiger partial charge < -0.3 is 0 Å². The second-order valence-corrected chi connectivity index (χ2v) is 4.80. The first kappa shape index (κ1) is 12.5. The first-order chi connectivity index (χ1) is 10.8. The predicted octanol–water partition coefficient (Wildman–Crippen LogP) is 2.15. The predicted molar refractivity (Wildman–Crippen MR) is 82.3 cm³/mol. The number of rotatable bonds is 2. The van der Waals surface area contributed by atoms with Crippen molar-refractivity contribution >= 4 is 5.65 Å². The second kappa shape index (κ2) is 4.92. The lowest BCUT2D eigenvalue weighted by molar-refractivity contribution is 0.902. The zero-order valence-electron chi connectivity index (χ0n) is 11.5. The molecule has 0 aliphatic rings. The van der Waals surface area contributed by atoms with Crippen molar-refractivity contribution in [2.75, 3.05) is 0 Å². The molecule has 1 N–H and O–H groups in total. The van der Waals surface area contributed by atoms with Gasteiger partial charge in [0.05, 0.1) is 17.1 Å². The van der Waals surface area contributed by atoms with Crippen LogP contribution in [-0.2, 0) is 0 Å². The van der Waals surface area contributed by atoms with Crippen molar-refractivity contribution in [1.29, 1.82) is 0 Å². The molecule has 0 saturated carbocycles. The van der Waals surface area contributed by atoms with Crippen LogP contribution >= 0.6 is 0 Å². The fraction of sp³-hybridized carbons (Fsp3) is 0. The average Bonchev–Trinajstić information content (AvgIpc) is 3.01. The second-order valence-electron chi connectivity index (χ2n) is 4.80. The lowest BCUT2D eigenvalue weighted by atomic mass is 10.2. The molecule has 0 bridgehead atoms. The lowest BCUT2D eigenvalue weighted by Crippen LogP contribution is -2.14. The molecule has 4 aromatic rings.